The molecule has 1 aliphatic heterocycles. The number of hydrogen-bond donors (Lipinski definition) is 1. The number of carbonyl (C=O) groups is 2. The summed E-state index contributed by atoms with van der Waals surface area (Å²) in [6.07, 6.45) is 5.30. The Labute approximate surface area is 181 Å². The van der Waals surface area contributed by atoms with Crippen molar-refractivity contribution in [2.24, 2.45) is 0 Å². The molecule has 1 atom stereocenters. The average molecular weight is 410 g/mol. The summed E-state index contributed by atoms with van der Waals surface area (Å²) in [5, 5.41) is 1.58. The predicted molar refractivity (Wildman–Crippen MR) is 120 cm³/mol. The standard InChI is InChI=1S/C26H22N2O3/c1-19(29)31-25-15-9-8-14-22(25)23-18-24(21-12-6-3-7-13-21)28(27-23)26(30)17-16-20-10-4-2-5-11-20/h2-18,24,27H,1H3/b17-16+/t24-/m1/s1. The van der Waals surface area contributed by atoms with E-state index in [0.29, 0.717) is 17.0 Å². The molecule has 1 aliphatic rings. The Balaban J connectivity index is 1.66. The molecular weight excluding hydrogens is 388 g/mol. The summed E-state index contributed by atoms with van der Waals surface area (Å²) in [5.74, 6) is -0.145. The lowest BCUT2D eigenvalue weighted by Crippen LogP contribution is -2.38. The minimum absolute atomic E-state index is 0.186. The fourth-order valence-electron chi connectivity index (χ4n) is 3.45. The van der Waals surface area contributed by atoms with Gasteiger partial charge in [-0.05, 0) is 35.4 Å². The van der Waals surface area contributed by atoms with E-state index in [9.17, 15) is 9.59 Å². The van der Waals surface area contributed by atoms with Crippen LogP contribution in [0.4, 0.5) is 0 Å². The van der Waals surface area contributed by atoms with E-state index in [-0.39, 0.29) is 11.9 Å². The van der Waals surface area contributed by atoms with Crippen LogP contribution in [0.2, 0.25) is 0 Å². The maximum atomic E-state index is 13.1. The quantitative estimate of drug-likeness (QED) is 0.375. The fraction of sp³-hybridized carbons (Fsp3) is 0.0769. The van der Waals surface area contributed by atoms with Crippen molar-refractivity contribution in [3.05, 3.63) is 114 Å². The third kappa shape index (κ3) is 4.73. The SMILES string of the molecule is CC(=O)Oc1ccccc1C1=C[C@H](c2ccccc2)N(C(=O)/C=C/c2ccccc2)N1. The summed E-state index contributed by atoms with van der Waals surface area (Å²) in [5.41, 5.74) is 6.53. The van der Waals surface area contributed by atoms with Gasteiger partial charge in [-0.2, -0.15) is 0 Å². The number of ether oxygens (including phenoxy) is 1. The number of esters is 1. The smallest absolute Gasteiger partial charge is 0.308 e. The number of hydrogen-bond acceptors (Lipinski definition) is 4. The molecule has 1 N–H and O–H groups in total. The molecule has 4 rings (SSSR count). The Morgan fingerprint density at radius 2 is 1.55 bits per heavy atom. The van der Waals surface area contributed by atoms with Crippen LogP contribution in [-0.2, 0) is 9.59 Å². The Morgan fingerprint density at radius 1 is 0.903 bits per heavy atom. The Bertz CT molecular complexity index is 1140. The normalized spacial score (nSPS) is 15.5. The van der Waals surface area contributed by atoms with Gasteiger partial charge in [-0.3, -0.25) is 15.0 Å². The highest BCUT2D eigenvalue weighted by atomic mass is 16.5. The molecule has 0 saturated heterocycles. The molecule has 0 saturated carbocycles. The minimum Gasteiger partial charge on any atom is -0.426 e. The highest BCUT2D eigenvalue weighted by Crippen LogP contribution is 2.34. The van der Waals surface area contributed by atoms with Crippen LogP contribution in [0, 0.1) is 0 Å². The van der Waals surface area contributed by atoms with E-state index in [1.807, 2.05) is 78.9 Å². The van der Waals surface area contributed by atoms with Gasteiger partial charge in [0.05, 0.1) is 11.7 Å². The van der Waals surface area contributed by atoms with Gasteiger partial charge in [0.25, 0.3) is 5.91 Å². The summed E-state index contributed by atoms with van der Waals surface area (Å²) >= 11 is 0. The van der Waals surface area contributed by atoms with E-state index in [1.165, 1.54) is 6.92 Å². The number of amides is 1. The first-order valence-electron chi connectivity index (χ1n) is 9.99. The van der Waals surface area contributed by atoms with Crippen LogP contribution in [0.1, 0.15) is 29.7 Å². The molecule has 0 aliphatic carbocycles. The van der Waals surface area contributed by atoms with Crippen LogP contribution in [0.3, 0.4) is 0 Å². The van der Waals surface area contributed by atoms with Gasteiger partial charge in [0, 0.05) is 18.6 Å². The molecule has 3 aromatic rings. The van der Waals surface area contributed by atoms with Crippen LogP contribution in [0.15, 0.2) is 97.1 Å². The third-order valence-corrected chi connectivity index (χ3v) is 4.87. The van der Waals surface area contributed by atoms with E-state index in [2.05, 4.69) is 5.43 Å². The van der Waals surface area contributed by atoms with E-state index < -0.39 is 5.97 Å². The Hall–Kier alpha value is -4.12. The fourth-order valence-corrected chi connectivity index (χ4v) is 3.45. The van der Waals surface area contributed by atoms with Crippen LogP contribution < -0.4 is 10.2 Å². The van der Waals surface area contributed by atoms with Crippen molar-refractivity contribution < 1.29 is 14.3 Å². The van der Waals surface area contributed by atoms with Gasteiger partial charge < -0.3 is 4.74 Å². The lowest BCUT2D eigenvalue weighted by atomic mass is 10.0. The van der Waals surface area contributed by atoms with Crippen molar-refractivity contribution in [2.45, 2.75) is 13.0 Å². The molecule has 31 heavy (non-hydrogen) atoms. The number of hydrazine groups is 1. The zero-order valence-corrected chi connectivity index (χ0v) is 17.1. The Kier molecular flexibility index (Phi) is 5.94. The summed E-state index contributed by atoms with van der Waals surface area (Å²) in [6.45, 7) is 1.37. The predicted octanol–water partition coefficient (Wildman–Crippen LogP) is 4.75. The summed E-state index contributed by atoms with van der Waals surface area (Å²) in [6, 6.07) is 26.4. The zero-order chi connectivity index (χ0) is 21.6. The molecule has 5 nitrogen and oxygen atoms in total. The highest BCUT2D eigenvalue weighted by Gasteiger charge is 2.30. The summed E-state index contributed by atoms with van der Waals surface area (Å²) < 4.78 is 5.36. The van der Waals surface area contributed by atoms with Crippen molar-refractivity contribution in [1.29, 1.82) is 0 Å². The molecule has 154 valence electrons. The second-order valence-corrected chi connectivity index (χ2v) is 7.09. The van der Waals surface area contributed by atoms with Gasteiger partial charge in [0.1, 0.15) is 5.75 Å². The molecule has 0 fully saturated rings. The van der Waals surface area contributed by atoms with Crippen molar-refractivity contribution in [1.82, 2.24) is 10.4 Å². The van der Waals surface area contributed by atoms with Gasteiger partial charge >= 0.3 is 5.97 Å². The first kappa shape index (κ1) is 20.2. The molecule has 0 aromatic heterocycles. The van der Waals surface area contributed by atoms with Gasteiger partial charge in [0.15, 0.2) is 0 Å². The van der Waals surface area contributed by atoms with Crippen LogP contribution in [0.25, 0.3) is 11.8 Å². The average Bonchev–Trinajstić information content (AvgIpc) is 3.24. The van der Waals surface area contributed by atoms with Crippen molar-refractivity contribution >= 4 is 23.6 Å². The lowest BCUT2D eigenvalue weighted by Gasteiger charge is -2.24. The van der Waals surface area contributed by atoms with Crippen LogP contribution in [0.5, 0.6) is 5.75 Å². The lowest BCUT2D eigenvalue weighted by molar-refractivity contribution is -0.132. The number of para-hydroxylation sites is 1. The second-order valence-electron chi connectivity index (χ2n) is 7.09. The van der Waals surface area contributed by atoms with Crippen molar-refractivity contribution in [2.75, 3.05) is 0 Å². The van der Waals surface area contributed by atoms with Gasteiger partial charge in [0.2, 0.25) is 0 Å². The number of rotatable bonds is 5. The molecule has 0 radical (unpaired) electrons. The maximum absolute atomic E-state index is 13.1. The zero-order valence-electron chi connectivity index (χ0n) is 17.1. The van der Waals surface area contributed by atoms with Gasteiger partial charge in [-0.25, -0.2) is 5.01 Å². The molecular formula is C26H22N2O3. The monoisotopic (exact) mass is 410 g/mol. The van der Waals surface area contributed by atoms with Crippen molar-refractivity contribution in [3.63, 3.8) is 0 Å². The summed E-state index contributed by atoms with van der Waals surface area (Å²) in [7, 11) is 0. The largest absolute Gasteiger partial charge is 0.426 e. The van der Waals surface area contributed by atoms with Crippen molar-refractivity contribution in [3.8, 4) is 5.75 Å². The van der Waals surface area contributed by atoms with Gasteiger partial charge in [-0.15, -0.1) is 0 Å². The Morgan fingerprint density at radius 3 is 2.26 bits per heavy atom. The maximum Gasteiger partial charge on any atom is 0.308 e. The third-order valence-electron chi connectivity index (χ3n) is 4.87. The number of carbonyl (C=O) groups excluding carboxylic acids is 2. The molecule has 0 unspecified atom stereocenters. The summed E-state index contributed by atoms with van der Waals surface area (Å²) in [4.78, 5) is 24.6. The van der Waals surface area contributed by atoms with E-state index >= 15 is 0 Å². The van der Waals surface area contributed by atoms with E-state index in [0.717, 1.165) is 11.1 Å². The first-order chi connectivity index (χ1) is 15.1. The van der Waals surface area contributed by atoms with E-state index in [4.69, 9.17) is 4.74 Å². The second kappa shape index (κ2) is 9.13. The molecule has 1 heterocycles. The van der Waals surface area contributed by atoms with Crippen LogP contribution >= 0.6 is 0 Å². The number of benzene rings is 3. The number of nitrogens with zero attached hydrogens (tertiary/aromatic N) is 1. The highest BCUT2D eigenvalue weighted by molar-refractivity contribution is 5.93. The minimum atomic E-state index is -0.399. The topological polar surface area (TPSA) is 58.6 Å². The molecule has 3 aromatic carbocycles. The van der Waals surface area contributed by atoms with Crippen LogP contribution in [-0.4, -0.2) is 16.9 Å². The first-order valence-corrected chi connectivity index (χ1v) is 9.99. The van der Waals surface area contributed by atoms with Gasteiger partial charge in [-0.1, -0.05) is 72.8 Å². The molecule has 5 heteroatoms. The molecule has 0 bridgehead atoms. The molecule has 1 amide bonds. The molecule has 0 spiro atoms. The number of nitrogens with one attached hydrogen (secondary N) is 1. The van der Waals surface area contributed by atoms with E-state index in [1.54, 1.807) is 29.3 Å².